The Balaban J connectivity index is 3.86. The highest BCUT2D eigenvalue weighted by molar-refractivity contribution is 5.29. The lowest BCUT2D eigenvalue weighted by Crippen LogP contribution is -2.04. The molecular weight excluding hydrogens is 184 g/mol. The van der Waals surface area contributed by atoms with E-state index in [-0.39, 0.29) is 0 Å². The van der Waals surface area contributed by atoms with E-state index >= 15 is 0 Å². The first-order valence-electron chi connectivity index (χ1n) is 5.99. The van der Waals surface area contributed by atoms with Crippen molar-refractivity contribution in [2.24, 2.45) is 16.8 Å². The molecule has 15 heavy (non-hydrogen) atoms. The summed E-state index contributed by atoms with van der Waals surface area (Å²) < 4.78 is 0. The summed E-state index contributed by atoms with van der Waals surface area (Å²) in [6.07, 6.45) is 7.04. The van der Waals surface area contributed by atoms with E-state index in [4.69, 9.17) is 0 Å². The van der Waals surface area contributed by atoms with Gasteiger partial charge in [-0.2, -0.15) is 0 Å². The van der Waals surface area contributed by atoms with E-state index in [1.165, 1.54) is 25.7 Å². The monoisotopic (exact) mass is 210 g/mol. The molecule has 0 fully saturated rings. The molecule has 0 aromatic rings. The number of hydrogen-bond donors (Lipinski definition) is 1. The van der Waals surface area contributed by atoms with Crippen LogP contribution in [-0.2, 0) is 0 Å². The van der Waals surface area contributed by atoms with Crippen LogP contribution in [0.2, 0.25) is 0 Å². The van der Waals surface area contributed by atoms with Crippen molar-refractivity contribution < 1.29 is 0 Å². The molecule has 0 radical (unpaired) electrons. The average Bonchev–Trinajstić information content (AvgIpc) is 2.25. The minimum Gasteiger partial charge on any atom is -0.393 e. The molecule has 0 aliphatic heterocycles. The minimum atomic E-state index is 0.513. The first kappa shape index (κ1) is 14.2. The summed E-state index contributed by atoms with van der Waals surface area (Å²) in [4.78, 5) is 4.04. The van der Waals surface area contributed by atoms with Crippen LogP contribution in [0, 0.1) is 11.8 Å². The van der Waals surface area contributed by atoms with Gasteiger partial charge in [0.1, 0.15) is 0 Å². The van der Waals surface area contributed by atoms with Crippen molar-refractivity contribution in [3.05, 3.63) is 11.9 Å². The Morgan fingerprint density at radius 3 is 2.53 bits per heavy atom. The molecule has 0 aliphatic carbocycles. The fourth-order valence-electron chi connectivity index (χ4n) is 1.62. The van der Waals surface area contributed by atoms with Gasteiger partial charge in [0, 0.05) is 13.2 Å². The molecule has 0 spiro atoms. The molecule has 0 saturated carbocycles. The number of aliphatic imine (C=N–C) groups is 1. The van der Waals surface area contributed by atoms with Gasteiger partial charge in [-0.05, 0) is 25.0 Å². The van der Waals surface area contributed by atoms with Crippen molar-refractivity contribution in [3.8, 4) is 0 Å². The third-order valence-corrected chi connectivity index (χ3v) is 3.01. The molecule has 0 bridgehead atoms. The van der Waals surface area contributed by atoms with E-state index in [1.54, 1.807) is 0 Å². The van der Waals surface area contributed by atoms with Crippen molar-refractivity contribution in [1.82, 2.24) is 5.32 Å². The fraction of sp³-hybridized carbons (Fsp3) is 0.769. The second-order valence-electron chi connectivity index (χ2n) is 4.36. The predicted molar refractivity (Wildman–Crippen MR) is 69.2 cm³/mol. The second-order valence-corrected chi connectivity index (χ2v) is 4.36. The van der Waals surface area contributed by atoms with Gasteiger partial charge in [0.15, 0.2) is 0 Å². The molecule has 88 valence electrons. The van der Waals surface area contributed by atoms with E-state index in [1.807, 2.05) is 13.2 Å². The van der Waals surface area contributed by atoms with Gasteiger partial charge >= 0.3 is 0 Å². The van der Waals surface area contributed by atoms with Crippen LogP contribution in [0.5, 0.6) is 0 Å². The largest absolute Gasteiger partial charge is 0.393 e. The van der Waals surface area contributed by atoms with E-state index in [2.05, 4.69) is 37.8 Å². The number of nitrogens with one attached hydrogen (secondary N) is 1. The summed E-state index contributed by atoms with van der Waals surface area (Å²) in [5.41, 5.74) is 1.07. The van der Waals surface area contributed by atoms with Gasteiger partial charge in [-0.15, -0.1) is 0 Å². The molecule has 0 aromatic carbocycles. The SMILES string of the molecule is C=N/C(=C\NC)C(C)CCCC(C)CC. The van der Waals surface area contributed by atoms with Crippen molar-refractivity contribution in [2.45, 2.75) is 46.5 Å². The summed E-state index contributed by atoms with van der Waals surface area (Å²) in [5.74, 6) is 1.37. The topological polar surface area (TPSA) is 24.4 Å². The first-order chi connectivity index (χ1) is 7.15. The van der Waals surface area contributed by atoms with Crippen LogP contribution in [0.1, 0.15) is 46.5 Å². The lowest BCUT2D eigenvalue weighted by molar-refractivity contribution is 0.455. The van der Waals surface area contributed by atoms with E-state index in [0.717, 1.165) is 11.6 Å². The number of hydrogen-bond acceptors (Lipinski definition) is 2. The van der Waals surface area contributed by atoms with Crippen LogP contribution in [-0.4, -0.2) is 13.8 Å². The molecule has 2 heteroatoms. The third-order valence-electron chi connectivity index (χ3n) is 3.01. The first-order valence-corrected chi connectivity index (χ1v) is 5.99. The summed E-state index contributed by atoms with van der Waals surface area (Å²) >= 11 is 0. The summed E-state index contributed by atoms with van der Waals surface area (Å²) in [6.45, 7) is 10.4. The average molecular weight is 210 g/mol. The van der Waals surface area contributed by atoms with Gasteiger partial charge in [-0.1, -0.05) is 40.0 Å². The molecule has 2 nitrogen and oxygen atoms in total. The second kappa shape index (κ2) is 8.51. The maximum Gasteiger partial charge on any atom is 0.0580 e. The zero-order chi connectivity index (χ0) is 11.7. The number of nitrogens with zero attached hydrogens (tertiary/aromatic N) is 1. The Kier molecular flexibility index (Phi) is 8.06. The zero-order valence-corrected chi connectivity index (χ0v) is 10.7. The van der Waals surface area contributed by atoms with Crippen LogP contribution in [0.25, 0.3) is 0 Å². The normalized spacial score (nSPS) is 15.9. The summed E-state index contributed by atoms with van der Waals surface area (Å²) in [5, 5.41) is 3.01. The summed E-state index contributed by atoms with van der Waals surface area (Å²) in [7, 11) is 1.90. The highest BCUT2D eigenvalue weighted by Crippen LogP contribution is 2.20. The van der Waals surface area contributed by atoms with Gasteiger partial charge in [0.25, 0.3) is 0 Å². The smallest absolute Gasteiger partial charge is 0.0580 e. The van der Waals surface area contributed by atoms with Crippen LogP contribution in [0.3, 0.4) is 0 Å². The Labute approximate surface area is 94.9 Å². The molecular formula is C13H26N2. The van der Waals surface area contributed by atoms with Gasteiger partial charge < -0.3 is 5.32 Å². The lowest BCUT2D eigenvalue weighted by Gasteiger charge is -2.13. The standard InChI is InChI=1S/C13H26N2/c1-6-11(2)8-7-9-12(3)13(15-5)10-14-4/h10-12,14H,5-9H2,1-4H3/b13-10-. The molecule has 2 unspecified atom stereocenters. The van der Waals surface area contributed by atoms with Crippen LogP contribution < -0.4 is 5.32 Å². The van der Waals surface area contributed by atoms with Gasteiger partial charge in [0.2, 0.25) is 0 Å². The maximum absolute atomic E-state index is 4.04. The van der Waals surface area contributed by atoms with Crippen molar-refractivity contribution >= 4 is 6.72 Å². The predicted octanol–water partition coefficient (Wildman–Crippen LogP) is 3.60. The Morgan fingerprint density at radius 2 is 2.07 bits per heavy atom. The van der Waals surface area contributed by atoms with Crippen LogP contribution in [0.15, 0.2) is 16.9 Å². The fourth-order valence-corrected chi connectivity index (χ4v) is 1.62. The van der Waals surface area contributed by atoms with Gasteiger partial charge in [-0.3, -0.25) is 4.99 Å². The van der Waals surface area contributed by atoms with E-state index in [0.29, 0.717) is 5.92 Å². The lowest BCUT2D eigenvalue weighted by atomic mass is 9.96. The molecule has 0 amide bonds. The molecule has 0 aliphatic rings. The van der Waals surface area contributed by atoms with Crippen molar-refractivity contribution in [3.63, 3.8) is 0 Å². The van der Waals surface area contributed by atoms with Crippen LogP contribution >= 0.6 is 0 Å². The van der Waals surface area contributed by atoms with Crippen molar-refractivity contribution in [1.29, 1.82) is 0 Å². The highest BCUT2D eigenvalue weighted by atomic mass is 14.8. The highest BCUT2D eigenvalue weighted by Gasteiger charge is 2.07. The molecule has 0 saturated heterocycles. The number of allylic oxidation sites excluding steroid dienone is 1. The maximum atomic E-state index is 4.04. The van der Waals surface area contributed by atoms with Crippen molar-refractivity contribution in [2.75, 3.05) is 7.05 Å². The van der Waals surface area contributed by atoms with Gasteiger partial charge in [-0.25, -0.2) is 0 Å². The van der Waals surface area contributed by atoms with E-state index < -0.39 is 0 Å². The molecule has 0 aromatic heterocycles. The van der Waals surface area contributed by atoms with Gasteiger partial charge in [0.05, 0.1) is 5.70 Å². The van der Waals surface area contributed by atoms with E-state index in [9.17, 15) is 0 Å². The zero-order valence-electron chi connectivity index (χ0n) is 10.7. The van der Waals surface area contributed by atoms with Crippen LogP contribution in [0.4, 0.5) is 0 Å². The quantitative estimate of drug-likeness (QED) is 0.608. The summed E-state index contributed by atoms with van der Waals surface area (Å²) in [6, 6.07) is 0. The number of rotatable bonds is 8. The molecule has 0 rings (SSSR count). The molecule has 1 N–H and O–H groups in total. The Bertz CT molecular complexity index is 197. The Hall–Kier alpha value is -0.790. The molecule has 2 atom stereocenters. The molecule has 0 heterocycles. The Morgan fingerprint density at radius 1 is 1.40 bits per heavy atom. The minimum absolute atomic E-state index is 0.513. The third kappa shape index (κ3) is 6.32.